The zero-order chi connectivity index (χ0) is 11.4. The van der Waals surface area contributed by atoms with Crippen molar-refractivity contribution in [2.75, 3.05) is 13.1 Å². The molecule has 0 aromatic carbocycles. The van der Waals surface area contributed by atoms with Crippen LogP contribution in [0.3, 0.4) is 0 Å². The molecule has 0 amide bonds. The maximum Gasteiger partial charge on any atom is 0.00772 e. The molecule has 0 aromatic heterocycles. The van der Waals surface area contributed by atoms with Crippen LogP contribution >= 0.6 is 0 Å². The first-order chi connectivity index (χ1) is 6.46. The highest BCUT2D eigenvalue weighted by Gasteiger charge is 1.95. The average molecular weight is 201 g/mol. The Morgan fingerprint density at radius 1 is 0.643 bits per heavy atom. The lowest BCUT2D eigenvalue weighted by atomic mass is 10.3. The highest BCUT2D eigenvalue weighted by atomic mass is 15.0. The zero-order valence-corrected chi connectivity index (χ0v) is 11.2. The standard InChI is InChI=1S/2C4H10.C3H6.C2H5N/c2*1-4(2)3;2*1-2-3-1/h2*4H,1-3H3;1-3H2;3H,1-2H2. The molecule has 2 rings (SSSR count). The number of nitrogens with one attached hydrogen (secondary N) is 1. The Bertz CT molecular complexity index is 60.2. The van der Waals surface area contributed by atoms with Crippen LogP contribution in [0.25, 0.3) is 0 Å². The maximum absolute atomic E-state index is 3.00. The summed E-state index contributed by atoms with van der Waals surface area (Å²) in [7, 11) is 0. The van der Waals surface area contributed by atoms with E-state index in [1.165, 1.54) is 32.4 Å². The molecule has 0 unspecified atom stereocenters. The third kappa shape index (κ3) is 374. The molecule has 14 heavy (non-hydrogen) atoms. The van der Waals surface area contributed by atoms with Crippen LogP contribution < -0.4 is 5.32 Å². The summed E-state index contributed by atoms with van der Waals surface area (Å²) in [6.45, 7) is 15.5. The maximum atomic E-state index is 3.00. The van der Waals surface area contributed by atoms with Crippen LogP contribution in [-0.2, 0) is 0 Å². The third-order valence-electron chi connectivity index (χ3n) is 0.604. The number of hydrogen-bond acceptors (Lipinski definition) is 1. The Morgan fingerprint density at radius 3 is 0.786 bits per heavy atom. The fourth-order valence-electron chi connectivity index (χ4n) is 0. The Labute approximate surface area is 91.7 Å². The van der Waals surface area contributed by atoms with Crippen LogP contribution in [0.5, 0.6) is 0 Å². The van der Waals surface area contributed by atoms with Crippen molar-refractivity contribution in [3.05, 3.63) is 0 Å². The van der Waals surface area contributed by atoms with Gasteiger partial charge in [-0.25, -0.2) is 0 Å². The van der Waals surface area contributed by atoms with Crippen LogP contribution in [0.1, 0.15) is 60.8 Å². The normalized spacial score (nSPS) is 15.4. The highest BCUT2D eigenvalue weighted by Crippen LogP contribution is 2.14. The topological polar surface area (TPSA) is 21.9 Å². The van der Waals surface area contributed by atoms with E-state index in [-0.39, 0.29) is 0 Å². The van der Waals surface area contributed by atoms with Gasteiger partial charge in [0.2, 0.25) is 0 Å². The fraction of sp³-hybridized carbons (Fsp3) is 1.00. The first-order valence-electron chi connectivity index (χ1n) is 6.17. The Balaban J connectivity index is 0. The van der Waals surface area contributed by atoms with Crippen molar-refractivity contribution >= 4 is 0 Å². The summed E-state index contributed by atoms with van der Waals surface area (Å²) in [6.07, 6.45) is 4.50. The summed E-state index contributed by atoms with van der Waals surface area (Å²) in [5.41, 5.74) is 0. The van der Waals surface area contributed by atoms with Gasteiger partial charge in [-0.1, -0.05) is 60.8 Å². The molecule has 1 aliphatic heterocycles. The van der Waals surface area contributed by atoms with Crippen LogP contribution in [0.15, 0.2) is 0 Å². The van der Waals surface area contributed by atoms with Gasteiger partial charge >= 0.3 is 0 Å². The van der Waals surface area contributed by atoms with Crippen LogP contribution in [0.4, 0.5) is 0 Å². The molecule has 0 spiro atoms. The van der Waals surface area contributed by atoms with Gasteiger partial charge in [0.1, 0.15) is 0 Å². The monoisotopic (exact) mass is 201 g/mol. The lowest BCUT2D eigenvalue weighted by Crippen LogP contribution is -1.66. The van der Waals surface area contributed by atoms with E-state index in [0.717, 1.165) is 11.8 Å². The molecule has 88 valence electrons. The third-order valence-corrected chi connectivity index (χ3v) is 0.604. The van der Waals surface area contributed by atoms with Crippen LogP contribution in [-0.4, -0.2) is 13.1 Å². The lowest BCUT2D eigenvalue weighted by Gasteiger charge is -1.79. The van der Waals surface area contributed by atoms with E-state index in [1.54, 1.807) is 0 Å². The van der Waals surface area contributed by atoms with Gasteiger partial charge < -0.3 is 5.32 Å². The number of rotatable bonds is 0. The van der Waals surface area contributed by atoms with E-state index >= 15 is 0 Å². The summed E-state index contributed by atoms with van der Waals surface area (Å²) in [4.78, 5) is 0. The molecule has 1 saturated carbocycles. The largest absolute Gasteiger partial charge is 0.314 e. The van der Waals surface area contributed by atoms with Gasteiger partial charge in [-0.2, -0.15) is 0 Å². The second-order valence-electron chi connectivity index (χ2n) is 5.27. The van der Waals surface area contributed by atoms with Crippen molar-refractivity contribution in [3.8, 4) is 0 Å². The van der Waals surface area contributed by atoms with Gasteiger partial charge in [0.05, 0.1) is 0 Å². The van der Waals surface area contributed by atoms with E-state index in [4.69, 9.17) is 0 Å². The van der Waals surface area contributed by atoms with Crippen molar-refractivity contribution in [1.29, 1.82) is 0 Å². The molecule has 1 saturated heterocycles. The molecule has 0 bridgehead atoms. The smallest absolute Gasteiger partial charge is 0.00772 e. The fourth-order valence-corrected chi connectivity index (χ4v) is 0. The minimum absolute atomic E-state index is 0.833. The van der Waals surface area contributed by atoms with E-state index in [0.29, 0.717) is 0 Å². The van der Waals surface area contributed by atoms with Gasteiger partial charge in [0.25, 0.3) is 0 Å². The Kier molecular flexibility index (Phi) is 15.2. The Hall–Kier alpha value is -0.0400. The molecule has 1 heteroatoms. The summed E-state index contributed by atoms with van der Waals surface area (Å²) in [5, 5.41) is 3.00. The lowest BCUT2D eigenvalue weighted by molar-refractivity contribution is 0.736. The molecule has 2 fully saturated rings. The van der Waals surface area contributed by atoms with Gasteiger partial charge in [-0.05, 0) is 11.8 Å². The molecule has 0 radical (unpaired) electrons. The van der Waals surface area contributed by atoms with Gasteiger partial charge in [0, 0.05) is 13.1 Å². The second-order valence-corrected chi connectivity index (χ2v) is 5.27. The predicted molar refractivity (Wildman–Crippen MR) is 67.7 cm³/mol. The summed E-state index contributed by atoms with van der Waals surface area (Å²) >= 11 is 0. The molecule has 1 nitrogen and oxygen atoms in total. The second kappa shape index (κ2) is 13.0. The van der Waals surface area contributed by atoms with Crippen molar-refractivity contribution in [2.24, 2.45) is 11.8 Å². The number of hydrogen-bond donors (Lipinski definition) is 1. The summed E-state index contributed by atoms with van der Waals surface area (Å²) < 4.78 is 0. The van der Waals surface area contributed by atoms with Gasteiger partial charge in [-0.15, -0.1) is 0 Å². The molecule has 1 aliphatic carbocycles. The zero-order valence-electron chi connectivity index (χ0n) is 11.2. The molecule has 0 atom stereocenters. The van der Waals surface area contributed by atoms with E-state index in [9.17, 15) is 0 Å². The Morgan fingerprint density at radius 2 is 0.786 bits per heavy atom. The van der Waals surface area contributed by atoms with Gasteiger partial charge in [-0.3, -0.25) is 0 Å². The average Bonchev–Trinajstić information content (AvgIpc) is 2.83. The van der Waals surface area contributed by atoms with Crippen molar-refractivity contribution in [3.63, 3.8) is 0 Å². The summed E-state index contributed by atoms with van der Waals surface area (Å²) in [5.74, 6) is 1.67. The van der Waals surface area contributed by atoms with Crippen LogP contribution in [0, 0.1) is 11.8 Å². The van der Waals surface area contributed by atoms with E-state index in [1.807, 2.05) is 0 Å². The van der Waals surface area contributed by atoms with Crippen molar-refractivity contribution in [2.45, 2.75) is 60.8 Å². The molecular formula is C13H31N. The van der Waals surface area contributed by atoms with Crippen LogP contribution in [0.2, 0.25) is 0 Å². The molecular weight excluding hydrogens is 170 g/mol. The van der Waals surface area contributed by atoms with E-state index in [2.05, 4.69) is 46.9 Å². The first-order valence-corrected chi connectivity index (χ1v) is 6.17. The van der Waals surface area contributed by atoms with Crippen molar-refractivity contribution < 1.29 is 0 Å². The molecule has 1 heterocycles. The molecule has 1 N–H and O–H groups in total. The SMILES string of the molecule is C1CC1.C1CN1.CC(C)C.CC(C)C. The summed E-state index contributed by atoms with van der Waals surface area (Å²) in [6, 6.07) is 0. The van der Waals surface area contributed by atoms with Gasteiger partial charge in [0.15, 0.2) is 0 Å². The highest BCUT2D eigenvalue weighted by molar-refractivity contribution is 4.58. The minimum atomic E-state index is 0.833. The minimum Gasteiger partial charge on any atom is -0.314 e. The first kappa shape index (κ1) is 16.4. The van der Waals surface area contributed by atoms with E-state index < -0.39 is 0 Å². The predicted octanol–water partition coefficient (Wildman–Crippen LogP) is 4.08. The molecule has 0 aromatic rings. The quantitative estimate of drug-likeness (QED) is 0.586. The molecule has 2 aliphatic rings. The van der Waals surface area contributed by atoms with Crippen molar-refractivity contribution in [1.82, 2.24) is 5.32 Å².